The number of alkyl halides is 3. The summed E-state index contributed by atoms with van der Waals surface area (Å²) in [4.78, 5) is 0.693. The molecule has 0 aromatic heterocycles. The van der Waals surface area contributed by atoms with Gasteiger partial charge in [-0.05, 0) is 58.8 Å². The molecular weight excluding hydrogens is 469 g/mol. The molecule has 0 saturated carbocycles. The number of halogens is 3. The van der Waals surface area contributed by atoms with Crippen molar-refractivity contribution in [2.45, 2.75) is 25.8 Å². The summed E-state index contributed by atoms with van der Waals surface area (Å²) in [6.07, 6.45) is -4.86. The van der Waals surface area contributed by atoms with Gasteiger partial charge in [-0.2, -0.15) is 21.6 Å². The Morgan fingerprint density at radius 2 is 0.909 bits per heavy atom. The van der Waals surface area contributed by atoms with Crippen molar-refractivity contribution < 1.29 is 25.2 Å². The molecular formula is C25H19F3O3S2. The predicted molar refractivity (Wildman–Crippen MR) is 121 cm³/mol. The zero-order valence-electron chi connectivity index (χ0n) is 17.1. The molecule has 4 aromatic rings. The maximum Gasteiger partial charge on any atom is 0.417 e. The van der Waals surface area contributed by atoms with E-state index in [0.29, 0.717) is 14.7 Å². The van der Waals surface area contributed by atoms with Gasteiger partial charge in [-0.15, -0.1) is 0 Å². The molecule has 0 bridgehead atoms. The van der Waals surface area contributed by atoms with E-state index in [4.69, 9.17) is 3.63 Å². The lowest BCUT2D eigenvalue weighted by atomic mass is 10.2. The third-order valence-corrected chi connectivity index (χ3v) is 10.1. The molecule has 0 spiro atoms. The van der Waals surface area contributed by atoms with E-state index in [2.05, 4.69) is 0 Å². The van der Waals surface area contributed by atoms with Gasteiger partial charge < -0.3 is 0 Å². The second-order valence-electron chi connectivity index (χ2n) is 7.01. The van der Waals surface area contributed by atoms with Crippen LogP contribution in [0.1, 0.15) is 5.56 Å². The zero-order valence-corrected chi connectivity index (χ0v) is 18.8. The standard InChI is InChI=1S/C25H19F3O3S2/c26-25(27,28)23-18-10-11-19-24(23)33(29,30)31-32(20-12-4-1-5-13-20,21-14-6-2-7-15-21)22-16-8-3-9-17-22/h1-19H. The van der Waals surface area contributed by atoms with Crippen molar-refractivity contribution in [1.29, 1.82) is 0 Å². The summed E-state index contributed by atoms with van der Waals surface area (Å²) < 4.78 is 74.0. The third-order valence-electron chi connectivity index (χ3n) is 4.88. The van der Waals surface area contributed by atoms with Crippen LogP contribution in [0, 0.1) is 0 Å². The number of rotatable bonds is 6. The van der Waals surface area contributed by atoms with E-state index in [1.807, 2.05) is 0 Å². The van der Waals surface area contributed by atoms with Gasteiger partial charge in [0.1, 0.15) is 4.90 Å². The first-order valence-corrected chi connectivity index (χ1v) is 12.8. The average Bonchev–Trinajstić information content (AvgIpc) is 2.84. The van der Waals surface area contributed by atoms with Crippen LogP contribution in [0.25, 0.3) is 0 Å². The monoisotopic (exact) mass is 488 g/mol. The fourth-order valence-corrected chi connectivity index (χ4v) is 8.90. The molecule has 0 heterocycles. The van der Waals surface area contributed by atoms with Gasteiger partial charge in [-0.3, -0.25) is 0 Å². The van der Waals surface area contributed by atoms with E-state index in [0.717, 1.165) is 18.2 Å². The molecule has 0 fully saturated rings. The second-order valence-corrected chi connectivity index (χ2v) is 11.4. The van der Waals surface area contributed by atoms with E-state index in [-0.39, 0.29) is 0 Å². The molecule has 0 radical (unpaired) electrons. The summed E-state index contributed by atoms with van der Waals surface area (Å²) in [5.41, 5.74) is -1.27. The maximum absolute atomic E-state index is 13.7. The molecule has 170 valence electrons. The van der Waals surface area contributed by atoms with Gasteiger partial charge >= 0.3 is 16.3 Å². The highest BCUT2D eigenvalue weighted by Crippen LogP contribution is 2.70. The van der Waals surface area contributed by atoms with E-state index in [9.17, 15) is 21.6 Å². The minimum atomic E-state index is -4.86. The molecule has 0 aliphatic rings. The first-order valence-electron chi connectivity index (χ1n) is 9.86. The zero-order chi connectivity index (χ0) is 23.5. The van der Waals surface area contributed by atoms with E-state index in [1.54, 1.807) is 91.0 Å². The molecule has 0 N–H and O–H groups in total. The van der Waals surface area contributed by atoms with E-state index >= 15 is 0 Å². The van der Waals surface area contributed by atoms with Crippen LogP contribution in [-0.2, 0) is 19.9 Å². The van der Waals surface area contributed by atoms with Crippen LogP contribution in [0.5, 0.6) is 0 Å². The SMILES string of the molecule is O=S(=O)(OS(c1ccccc1)(c1ccccc1)c1ccccc1)c1ccccc1C(F)(F)F. The topological polar surface area (TPSA) is 43.4 Å². The minimum Gasteiger partial charge on any atom is -0.203 e. The van der Waals surface area contributed by atoms with Crippen molar-refractivity contribution in [2.24, 2.45) is 0 Å². The van der Waals surface area contributed by atoms with Gasteiger partial charge in [-0.25, -0.2) is 3.63 Å². The Balaban J connectivity index is 2.02. The smallest absolute Gasteiger partial charge is 0.203 e. The Morgan fingerprint density at radius 3 is 1.30 bits per heavy atom. The van der Waals surface area contributed by atoms with Crippen LogP contribution in [0.15, 0.2) is 135 Å². The molecule has 33 heavy (non-hydrogen) atoms. The fourth-order valence-electron chi connectivity index (χ4n) is 3.45. The lowest BCUT2D eigenvalue weighted by molar-refractivity contribution is -0.139. The van der Waals surface area contributed by atoms with E-state index in [1.165, 1.54) is 6.07 Å². The quantitative estimate of drug-likeness (QED) is 0.286. The van der Waals surface area contributed by atoms with Crippen molar-refractivity contribution in [3.05, 3.63) is 121 Å². The van der Waals surface area contributed by atoms with Crippen LogP contribution >= 0.6 is 10.3 Å². The Labute approximate surface area is 192 Å². The highest BCUT2D eigenvalue weighted by Gasteiger charge is 2.42. The van der Waals surface area contributed by atoms with Gasteiger partial charge in [0, 0.05) is 14.7 Å². The van der Waals surface area contributed by atoms with Gasteiger partial charge in [-0.1, -0.05) is 66.7 Å². The largest absolute Gasteiger partial charge is 0.417 e. The summed E-state index contributed by atoms with van der Waals surface area (Å²) in [6, 6.07) is 30.1. The van der Waals surface area contributed by atoms with Crippen LogP contribution in [0.2, 0.25) is 0 Å². The molecule has 4 aromatic carbocycles. The summed E-state index contributed by atoms with van der Waals surface area (Å²) in [5, 5.41) is 0. The molecule has 0 atom stereocenters. The van der Waals surface area contributed by atoms with Crippen LogP contribution in [-0.4, -0.2) is 8.42 Å². The van der Waals surface area contributed by atoms with Crippen molar-refractivity contribution >= 4 is 20.4 Å². The average molecular weight is 489 g/mol. The first-order chi connectivity index (χ1) is 15.7. The second kappa shape index (κ2) is 9.05. The summed E-state index contributed by atoms with van der Waals surface area (Å²) >= 11 is 0. The van der Waals surface area contributed by atoms with Crippen LogP contribution in [0.4, 0.5) is 13.2 Å². The molecule has 4 rings (SSSR count). The fraction of sp³-hybridized carbons (Fsp3) is 0.0400. The molecule has 0 aliphatic heterocycles. The lowest BCUT2D eigenvalue weighted by Gasteiger charge is -2.39. The van der Waals surface area contributed by atoms with Gasteiger partial charge in [0.25, 0.3) is 0 Å². The number of benzene rings is 4. The molecule has 0 saturated heterocycles. The Kier molecular flexibility index (Phi) is 6.34. The Hall–Kier alpha value is -3.07. The molecule has 8 heteroatoms. The number of hydrogen-bond donors (Lipinski definition) is 0. The van der Waals surface area contributed by atoms with E-state index < -0.39 is 37.1 Å². The number of hydrogen-bond acceptors (Lipinski definition) is 3. The van der Waals surface area contributed by atoms with Crippen LogP contribution in [0.3, 0.4) is 0 Å². The molecule has 0 amide bonds. The summed E-state index contributed by atoms with van der Waals surface area (Å²) in [5.74, 6) is 0. The van der Waals surface area contributed by atoms with Gasteiger partial charge in [0.2, 0.25) is 0 Å². The van der Waals surface area contributed by atoms with Crippen molar-refractivity contribution in [2.75, 3.05) is 0 Å². The highest BCUT2D eigenvalue weighted by molar-refractivity contribution is 8.33. The third kappa shape index (κ3) is 4.55. The molecule has 0 unspecified atom stereocenters. The van der Waals surface area contributed by atoms with Crippen LogP contribution < -0.4 is 0 Å². The maximum atomic E-state index is 13.7. The van der Waals surface area contributed by atoms with Gasteiger partial charge in [0.15, 0.2) is 0 Å². The Bertz CT molecular complexity index is 1230. The molecule has 0 aliphatic carbocycles. The normalized spacial score (nSPS) is 12.9. The predicted octanol–water partition coefficient (Wildman–Crippen LogP) is 7.31. The first kappa shape index (κ1) is 23.1. The van der Waals surface area contributed by atoms with Crippen molar-refractivity contribution in [1.82, 2.24) is 0 Å². The summed E-state index contributed by atoms with van der Waals surface area (Å²) in [7, 11) is -7.82. The highest BCUT2D eigenvalue weighted by atomic mass is 32.3. The summed E-state index contributed by atoms with van der Waals surface area (Å²) in [6.45, 7) is 0. The Morgan fingerprint density at radius 1 is 0.545 bits per heavy atom. The van der Waals surface area contributed by atoms with Crippen molar-refractivity contribution in [3.63, 3.8) is 0 Å². The molecule has 3 nitrogen and oxygen atoms in total. The lowest BCUT2D eigenvalue weighted by Crippen LogP contribution is -2.18. The minimum absolute atomic E-state index is 0.537. The van der Waals surface area contributed by atoms with Gasteiger partial charge in [0.05, 0.1) is 5.56 Å². The van der Waals surface area contributed by atoms with Crippen molar-refractivity contribution in [3.8, 4) is 0 Å².